The summed E-state index contributed by atoms with van der Waals surface area (Å²) < 4.78 is 0. The second kappa shape index (κ2) is 4.93. The molecule has 2 aromatic rings. The van der Waals surface area contributed by atoms with Crippen molar-refractivity contribution in [1.82, 2.24) is 4.98 Å². The van der Waals surface area contributed by atoms with Crippen molar-refractivity contribution >= 4 is 29.1 Å². The van der Waals surface area contributed by atoms with Gasteiger partial charge in [-0.05, 0) is 18.2 Å². The minimum absolute atomic E-state index is 0.253. The third-order valence-electron chi connectivity index (χ3n) is 2.33. The number of nitrogens with one attached hydrogen (secondary N) is 2. The van der Waals surface area contributed by atoms with Crippen molar-refractivity contribution in [3.8, 4) is 0 Å². The topological polar surface area (TPSA) is 88.0 Å². The van der Waals surface area contributed by atoms with Crippen LogP contribution in [0.25, 0.3) is 0 Å². The highest BCUT2D eigenvalue weighted by molar-refractivity contribution is 6.31. The van der Waals surface area contributed by atoms with Crippen molar-refractivity contribution in [2.45, 2.75) is 0 Å². The molecule has 18 heavy (non-hydrogen) atoms. The maximum Gasteiger partial charge on any atom is 0.272 e. The van der Waals surface area contributed by atoms with Crippen LogP contribution in [0.4, 0.5) is 5.69 Å². The lowest BCUT2D eigenvalue weighted by Gasteiger charge is -2.07. The molecular weight excluding hydrogens is 254 g/mol. The van der Waals surface area contributed by atoms with E-state index in [9.17, 15) is 9.59 Å². The van der Waals surface area contributed by atoms with Crippen LogP contribution in [0.3, 0.4) is 0 Å². The maximum atomic E-state index is 11.8. The zero-order chi connectivity index (χ0) is 13.1. The number of carbonyl (C=O) groups is 2. The number of carbonyl (C=O) groups excluding carboxylic acids is 2. The van der Waals surface area contributed by atoms with Gasteiger partial charge < -0.3 is 16.0 Å². The molecule has 0 atom stereocenters. The van der Waals surface area contributed by atoms with Crippen molar-refractivity contribution in [2.75, 3.05) is 5.32 Å². The zero-order valence-electron chi connectivity index (χ0n) is 9.24. The van der Waals surface area contributed by atoms with Crippen molar-refractivity contribution in [1.29, 1.82) is 0 Å². The molecule has 2 rings (SSSR count). The Labute approximate surface area is 108 Å². The molecule has 92 valence electrons. The third-order valence-corrected chi connectivity index (χ3v) is 2.55. The van der Waals surface area contributed by atoms with Crippen LogP contribution in [0.2, 0.25) is 5.02 Å². The summed E-state index contributed by atoms with van der Waals surface area (Å²) in [7, 11) is 0. The number of amides is 2. The molecule has 0 aliphatic carbocycles. The minimum atomic E-state index is -0.601. The van der Waals surface area contributed by atoms with Gasteiger partial charge in [-0.2, -0.15) is 0 Å². The number of rotatable bonds is 3. The molecule has 2 amide bonds. The summed E-state index contributed by atoms with van der Waals surface area (Å²) >= 11 is 5.70. The van der Waals surface area contributed by atoms with Gasteiger partial charge in [0.25, 0.3) is 11.8 Å². The average Bonchev–Trinajstić information content (AvgIpc) is 2.76. The second-order valence-electron chi connectivity index (χ2n) is 3.60. The molecule has 0 fully saturated rings. The Morgan fingerprint density at radius 1 is 1.28 bits per heavy atom. The molecule has 4 N–H and O–H groups in total. The summed E-state index contributed by atoms with van der Waals surface area (Å²) in [5.41, 5.74) is 6.13. The summed E-state index contributed by atoms with van der Waals surface area (Å²) in [5.74, 6) is -0.994. The number of hydrogen-bond acceptors (Lipinski definition) is 2. The standard InChI is InChI=1S/C12H10ClN3O2/c13-7-5-10(15-6-7)12(18)16-9-4-2-1-3-8(9)11(14)17/h1-6,15H,(H2,14,17)(H,16,18). The highest BCUT2D eigenvalue weighted by Gasteiger charge is 2.12. The van der Waals surface area contributed by atoms with E-state index in [1.54, 1.807) is 24.3 Å². The molecule has 0 unspecified atom stereocenters. The van der Waals surface area contributed by atoms with Crippen LogP contribution in [-0.2, 0) is 0 Å². The zero-order valence-corrected chi connectivity index (χ0v) is 9.99. The lowest BCUT2D eigenvalue weighted by molar-refractivity contribution is 0.100. The van der Waals surface area contributed by atoms with Gasteiger partial charge in [0.1, 0.15) is 5.69 Å². The predicted molar refractivity (Wildman–Crippen MR) is 68.7 cm³/mol. The van der Waals surface area contributed by atoms with Crippen molar-refractivity contribution < 1.29 is 9.59 Å². The van der Waals surface area contributed by atoms with Crippen LogP contribution < -0.4 is 11.1 Å². The summed E-state index contributed by atoms with van der Waals surface area (Å²) in [6, 6.07) is 8.00. The second-order valence-corrected chi connectivity index (χ2v) is 4.03. The van der Waals surface area contributed by atoms with E-state index in [2.05, 4.69) is 10.3 Å². The van der Waals surface area contributed by atoms with Crippen LogP contribution in [0.15, 0.2) is 36.5 Å². The summed E-state index contributed by atoms with van der Waals surface area (Å²) in [5, 5.41) is 3.03. The number of aromatic nitrogens is 1. The highest BCUT2D eigenvalue weighted by atomic mass is 35.5. The molecule has 0 aliphatic rings. The Morgan fingerprint density at radius 2 is 2.00 bits per heavy atom. The maximum absolute atomic E-state index is 11.8. The summed E-state index contributed by atoms with van der Waals surface area (Å²) in [6.07, 6.45) is 1.50. The van der Waals surface area contributed by atoms with Gasteiger partial charge in [-0.3, -0.25) is 9.59 Å². The molecule has 0 spiro atoms. The molecule has 0 bridgehead atoms. The number of nitrogens with two attached hydrogens (primary N) is 1. The van der Waals surface area contributed by atoms with Gasteiger partial charge in [0, 0.05) is 6.20 Å². The van der Waals surface area contributed by atoms with Gasteiger partial charge in [-0.1, -0.05) is 23.7 Å². The Balaban J connectivity index is 2.24. The fourth-order valence-electron chi connectivity index (χ4n) is 1.50. The van der Waals surface area contributed by atoms with E-state index in [1.165, 1.54) is 12.3 Å². The van der Waals surface area contributed by atoms with Crippen molar-refractivity contribution in [3.63, 3.8) is 0 Å². The number of hydrogen-bond donors (Lipinski definition) is 3. The monoisotopic (exact) mass is 263 g/mol. The van der Waals surface area contributed by atoms with Gasteiger partial charge in [-0.25, -0.2) is 0 Å². The van der Waals surface area contributed by atoms with E-state index in [1.807, 2.05) is 0 Å². The van der Waals surface area contributed by atoms with Gasteiger partial charge in [0.05, 0.1) is 16.3 Å². The van der Waals surface area contributed by atoms with E-state index in [4.69, 9.17) is 17.3 Å². The average molecular weight is 264 g/mol. The number of para-hydroxylation sites is 1. The Bertz CT molecular complexity index is 607. The lowest BCUT2D eigenvalue weighted by Crippen LogP contribution is -2.18. The van der Waals surface area contributed by atoms with Crippen LogP contribution in [0.1, 0.15) is 20.8 Å². The van der Waals surface area contributed by atoms with Crippen LogP contribution in [0.5, 0.6) is 0 Å². The minimum Gasteiger partial charge on any atom is -0.366 e. The normalized spacial score (nSPS) is 10.1. The first-order valence-electron chi connectivity index (χ1n) is 5.12. The first-order valence-corrected chi connectivity index (χ1v) is 5.50. The van der Waals surface area contributed by atoms with E-state index in [-0.39, 0.29) is 5.56 Å². The van der Waals surface area contributed by atoms with Crippen LogP contribution in [0, 0.1) is 0 Å². The van der Waals surface area contributed by atoms with Gasteiger partial charge in [-0.15, -0.1) is 0 Å². The predicted octanol–water partition coefficient (Wildman–Crippen LogP) is 2.02. The smallest absolute Gasteiger partial charge is 0.272 e. The molecule has 1 heterocycles. The number of aromatic amines is 1. The molecule has 0 saturated carbocycles. The molecule has 0 saturated heterocycles. The van der Waals surface area contributed by atoms with E-state index < -0.39 is 11.8 Å². The van der Waals surface area contributed by atoms with Crippen molar-refractivity contribution in [3.05, 3.63) is 52.8 Å². The summed E-state index contributed by atoms with van der Waals surface area (Å²) in [4.78, 5) is 25.7. The van der Waals surface area contributed by atoms with Gasteiger partial charge in [0.15, 0.2) is 0 Å². The molecule has 0 aliphatic heterocycles. The van der Waals surface area contributed by atoms with E-state index >= 15 is 0 Å². The Morgan fingerprint density at radius 3 is 2.61 bits per heavy atom. The number of primary amides is 1. The SMILES string of the molecule is NC(=O)c1ccccc1NC(=O)c1cc(Cl)c[nH]1. The molecular formula is C12H10ClN3O2. The van der Waals surface area contributed by atoms with Crippen LogP contribution >= 0.6 is 11.6 Å². The molecule has 0 radical (unpaired) electrons. The number of benzene rings is 1. The first kappa shape index (κ1) is 12.2. The van der Waals surface area contributed by atoms with E-state index in [0.717, 1.165) is 0 Å². The number of H-pyrrole nitrogens is 1. The largest absolute Gasteiger partial charge is 0.366 e. The molecule has 5 nitrogen and oxygen atoms in total. The lowest BCUT2D eigenvalue weighted by atomic mass is 10.1. The van der Waals surface area contributed by atoms with E-state index in [0.29, 0.717) is 16.4 Å². The quantitative estimate of drug-likeness (QED) is 0.791. The first-order chi connectivity index (χ1) is 8.58. The third kappa shape index (κ3) is 2.52. The van der Waals surface area contributed by atoms with Gasteiger partial charge >= 0.3 is 0 Å². The molecule has 1 aromatic carbocycles. The molecule has 6 heteroatoms. The Kier molecular flexibility index (Phi) is 3.34. The fourth-order valence-corrected chi connectivity index (χ4v) is 1.66. The van der Waals surface area contributed by atoms with Crippen molar-refractivity contribution in [2.24, 2.45) is 5.73 Å². The number of halogens is 1. The number of anilines is 1. The Hall–Kier alpha value is -2.27. The molecule has 1 aromatic heterocycles. The fraction of sp³-hybridized carbons (Fsp3) is 0. The van der Waals surface area contributed by atoms with Gasteiger partial charge in [0.2, 0.25) is 0 Å². The van der Waals surface area contributed by atoms with Crippen LogP contribution in [-0.4, -0.2) is 16.8 Å². The summed E-state index contributed by atoms with van der Waals surface area (Å²) in [6.45, 7) is 0. The highest BCUT2D eigenvalue weighted by Crippen LogP contribution is 2.16.